The molecule has 0 radical (unpaired) electrons. The maximum Gasteiger partial charge on any atom is 0.262 e. The van der Waals surface area contributed by atoms with Crippen molar-refractivity contribution < 1.29 is 19.2 Å². The van der Waals surface area contributed by atoms with Gasteiger partial charge in [-0.25, -0.2) is 0 Å². The van der Waals surface area contributed by atoms with Gasteiger partial charge in [-0.05, 0) is 42.3 Å². The summed E-state index contributed by atoms with van der Waals surface area (Å²) in [6.07, 6.45) is 0.642. The number of nitrogens with zero attached hydrogens (tertiary/aromatic N) is 1. The summed E-state index contributed by atoms with van der Waals surface area (Å²) in [4.78, 5) is 48.6. The standard InChI is InChI=1S/C20H18ClN3O4/c21-13-4-1-3-12(9-13)11-23-14-6-7-15-16(10-14)20(28)24(19(15)27)17(18(22)26)5-2-8-25/h1,3-4,6-10,17,23H,2,5,11H2,(H2,22,26). The van der Waals surface area contributed by atoms with E-state index in [4.69, 9.17) is 17.3 Å². The number of nitrogens with one attached hydrogen (secondary N) is 1. The number of amides is 3. The average molecular weight is 400 g/mol. The lowest BCUT2D eigenvalue weighted by Gasteiger charge is -2.22. The maximum atomic E-state index is 12.8. The molecule has 0 saturated carbocycles. The second-order valence-electron chi connectivity index (χ2n) is 6.39. The second kappa shape index (κ2) is 8.22. The van der Waals surface area contributed by atoms with E-state index >= 15 is 0 Å². The first kappa shape index (κ1) is 19.6. The van der Waals surface area contributed by atoms with Crippen molar-refractivity contribution in [3.63, 3.8) is 0 Å². The first-order valence-electron chi connectivity index (χ1n) is 8.65. The molecule has 0 aromatic heterocycles. The van der Waals surface area contributed by atoms with Crippen LogP contribution in [0.25, 0.3) is 0 Å². The maximum absolute atomic E-state index is 12.8. The minimum absolute atomic E-state index is 0.00414. The quantitative estimate of drug-likeness (QED) is 0.523. The van der Waals surface area contributed by atoms with Gasteiger partial charge in [-0.1, -0.05) is 23.7 Å². The molecule has 1 atom stereocenters. The van der Waals surface area contributed by atoms with Crippen LogP contribution in [-0.4, -0.2) is 34.9 Å². The van der Waals surface area contributed by atoms with Crippen molar-refractivity contribution in [2.75, 3.05) is 5.32 Å². The van der Waals surface area contributed by atoms with Crippen LogP contribution in [0.15, 0.2) is 42.5 Å². The van der Waals surface area contributed by atoms with Gasteiger partial charge in [0.2, 0.25) is 5.91 Å². The molecule has 28 heavy (non-hydrogen) atoms. The number of primary amides is 1. The zero-order chi connectivity index (χ0) is 20.3. The first-order valence-corrected chi connectivity index (χ1v) is 9.03. The second-order valence-corrected chi connectivity index (χ2v) is 6.82. The Labute approximate surface area is 166 Å². The molecule has 1 unspecified atom stereocenters. The summed E-state index contributed by atoms with van der Waals surface area (Å²) >= 11 is 5.97. The molecule has 3 N–H and O–H groups in total. The third-order valence-corrected chi connectivity index (χ3v) is 4.74. The molecular formula is C20H18ClN3O4. The van der Waals surface area contributed by atoms with Crippen LogP contribution in [0.4, 0.5) is 5.69 Å². The van der Waals surface area contributed by atoms with Gasteiger partial charge >= 0.3 is 0 Å². The number of benzene rings is 2. The Balaban J connectivity index is 1.81. The number of carbonyl (C=O) groups excluding carboxylic acids is 4. The highest BCUT2D eigenvalue weighted by Crippen LogP contribution is 2.28. The summed E-state index contributed by atoms with van der Waals surface area (Å²) in [5.74, 6) is -2.01. The number of anilines is 1. The molecule has 0 saturated heterocycles. The zero-order valence-corrected chi connectivity index (χ0v) is 15.6. The summed E-state index contributed by atoms with van der Waals surface area (Å²) in [5, 5.41) is 3.80. The van der Waals surface area contributed by atoms with E-state index in [0.29, 0.717) is 23.5 Å². The molecule has 1 aliphatic rings. The van der Waals surface area contributed by atoms with Crippen LogP contribution >= 0.6 is 11.6 Å². The molecule has 2 aromatic rings. The molecule has 0 fully saturated rings. The number of nitrogens with two attached hydrogens (primary N) is 1. The molecule has 3 amide bonds. The van der Waals surface area contributed by atoms with E-state index in [1.165, 1.54) is 6.07 Å². The van der Waals surface area contributed by atoms with Crippen molar-refractivity contribution >= 4 is 41.3 Å². The first-order chi connectivity index (χ1) is 13.4. The molecule has 2 aromatic carbocycles. The number of imide groups is 1. The summed E-state index contributed by atoms with van der Waals surface area (Å²) < 4.78 is 0. The molecule has 1 heterocycles. The zero-order valence-electron chi connectivity index (χ0n) is 14.9. The van der Waals surface area contributed by atoms with Crippen molar-refractivity contribution in [1.82, 2.24) is 4.90 Å². The average Bonchev–Trinajstić information content (AvgIpc) is 2.91. The fourth-order valence-electron chi connectivity index (χ4n) is 3.13. The van der Waals surface area contributed by atoms with Crippen molar-refractivity contribution in [2.24, 2.45) is 5.73 Å². The molecule has 1 aliphatic heterocycles. The van der Waals surface area contributed by atoms with Gasteiger partial charge in [-0.15, -0.1) is 0 Å². The summed E-state index contributed by atoms with van der Waals surface area (Å²) in [6.45, 7) is 0.481. The van der Waals surface area contributed by atoms with Crippen LogP contribution in [0.2, 0.25) is 5.02 Å². The van der Waals surface area contributed by atoms with Crippen molar-refractivity contribution in [2.45, 2.75) is 25.4 Å². The summed E-state index contributed by atoms with van der Waals surface area (Å²) in [7, 11) is 0. The molecule has 0 bridgehead atoms. The van der Waals surface area contributed by atoms with Gasteiger partial charge in [-0.3, -0.25) is 19.3 Å². The molecule has 7 nitrogen and oxygen atoms in total. The molecule has 8 heteroatoms. The van der Waals surface area contributed by atoms with Crippen LogP contribution in [0.1, 0.15) is 39.1 Å². The number of carbonyl (C=O) groups is 4. The van der Waals surface area contributed by atoms with Gasteiger partial charge < -0.3 is 15.8 Å². The van der Waals surface area contributed by atoms with E-state index in [-0.39, 0.29) is 24.0 Å². The highest BCUT2D eigenvalue weighted by molar-refractivity contribution is 6.30. The van der Waals surface area contributed by atoms with E-state index < -0.39 is 23.8 Å². The lowest BCUT2D eigenvalue weighted by molar-refractivity contribution is -0.122. The minimum Gasteiger partial charge on any atom is -0.381 e. The van der Waals surface area contributed by atoms with E-state index in [1.807, 2.05) is 18.2 Å². The number of fused-ring (bicyclic) bond motifs is 1. The van der Waals surface area contributed by atoms with Crippen molar-refractivity contribution in [1.29, 1.82) is 0 Å². The van der Waals surface area contributed by atoms with Gasteiger partial charge in [0.25, 0.3) is 11.8 Å². The Morgan fingerprint density at radius 2 is 1.89 bits per heavy atom. The molecule has 0 spiro atoms. The Kier molecular flexibility index (Phi) is 5.75. The topological polar surface area (TPSA) is 110 Å². The Bertz CT molecular complexity index is 960. The summed E-state index contributed by atoms with van der Waals surface area (Å²) in [6, 6.07) is 11.0. The van der Waals surface area contributed by atoms with E-state index in [0.717, 1.165) is 10.5 Å². The van der Waals surface area contributed by atoms with Gasteiger partial charge in [0, 0.05) is 23.7 Å². The van der Waals surface area contributed by atoms with Gasteiger partial charge in [0.15, 0.2) is 0 Å². The number of hydrogen-bond donors (Lipinski definition) is 2. The highest BCUT2D eigenvalue weighted by Gasteiger charge is 2.42. The third kappa shape index (κ3) is 3.89. The Hall–Kier alpha value is -3.19. The Morgan fingerprint density at radius 1 is 1.14 bits per heavy atom. The van der Waals surface area contributed by atoms with E-state index in [9.17, 15) is 19.2 Å². The Morgan fingerprint density at radius 3 is 2.57 bits per heavy atom. The number of rotatable bonds is 8. The number of halogens is 1. The molecule has 3 rings (SSSR count). The van der Waals surface area contributed by atoms with Gasteiger partial charge in [-0.2, -0.15) is 0 Å². The lowest BCUT2D eigenvalue weighted by Crippen LogP contribution is -2.47. The smallest absolute Gasteiger partial charge is 0.262 e. The van der Waals surface area contributed by atoms with Crippen LogP contribution in [0, 0.1) is 0 Å². The van der Waals surface area contributed by atoms with Crippen LogP contribution in [-0.2, 0) is 16.1 Å². The highest BCUT2D eigenvalue weighted by atomic mass is 35.5. The molecule has 144 valence electrons. The molecule has 0 aliphatic carbocycles. The normalized spacial score (nSPS) is 14.0. The van der Waals surface area contributed by atoms with E-state index in [2.05, 4.69) is 5.32 Å². The van der Waals surface area contributed by atoms with Crippen LogP contribution < -0.4 is 11.1 Å². The van der Waals surface area contributed by atoms with Crippen LogP contribution in [0.5, 0.6) is 0 Å². The number of hydrogen-bond acceptors (Lipinski definition) is 5. The third-order valence-electron chi connectivity index (χ3n) is 4.50. The van der Waals surface area contributed by atoms with Gasteiger partial charge in [0.1, 0.15) is 12.3 Å². The fraction of sp³-hybridized carbons (Fsp3) is 0.200. The fourth-order valence-corrected chi connectivity index (χ4v) is 3.34. The van der Waals surface area contributed by atoms with Crippen molar-refractivity contribution in [3.8, 4) is 0 Å². The SMILES string of the molecule is NC(=O)C(CCC=O)N1C(=O)c2ccc(NCc3cccc(Cl)c3)cc2C1=O. The largest absolute Gasteiger partial charge is 0.381 e. The molecular weight excluding hydrogens is 382 g/mol. The lowest BCUT2D eigenvalue weighted by atomic mass is 10.1. The number of aldehydes is 1. The predicted molar refractivity (Wildman–Crippen MR) is 104 cm³/mol. The summed E-state index contributed by atoms with van der Waals surface area (Å²) in [5.41, 5.74) is 7.35. The van der Waals surface area contributed by atoms with Crippen LogP contribution in [0.3, 0.4) is 0 Å². The predicted octanol–water partition coefficient (Wildman–Crippen LogP) is 2.38. The van der Waals surface area contributed by atoms with E-state index in [1.54, 1.807) is 18.2 Å². The van der Waals surface area contributed by atoms with Crippen molar-refractivity contribution in [3.05, 3.63) is 64.2 Å². The monoisotopic (exact) mass is 399 g/mol. The van der Waals surface area contributed by atoms with Gasteiger partial charge in [0.05, 0.1) is 11.1 Å². The minimum atomic E-state index is -1.15.